The molecule has 1 heterocycles. The molecule has 0 spiro atoms. The summed E-state index contributed by atoms with van der Waals surface area (Å²) < 4.78 is 0. The third-order valence-electron chi connectivity index (χ3n) is 4.59. The number of hydrogen-bond donors (Lipinski definition) is 1. The molecule has 148 valence electrons. The zero-order chi connectivity index (χ0) is 17.8. The standard InChI is InChI=1S/C20H27N5.2ClH/c1-24(2)20-22-18(16-12-17(21)13-16)14-19(23-20)25(3)11-7-10-15-8-5-4-6-9-15;;/h4-10,14,16-17H,11-13,21H2,1-3H3;2*1H/b10-7+;;. The molecule has 1 aliphatic rings. The zero-order valence-electron chi connectivity index (χ0n) is 16.1. The van der Waals surface area contributed by atoms with Gasteiger partial charge in [-0.3, -0.25) is 0 Å². The minimum Gasteiger partial charge on any atom is -0.356 e. The lowest BCUT2D eigenvalue weighted by Gasteiger charge is -2.33. The van der Waals surface area contributed by atoms with E-state index < -0.39 is 0 Å². The summed E-state index contributed by atoms with van der Waals surface area (Å²) in [5.74, 6) is 2.17. The number of benzene rings is 1. The first-order valence-electron chi connectivity index (χ1n) is 8.77. The molecule has 1 saturated carbocycles. The van der Waals surface area contributed by atoms with Gasteiger partial charge in [0.05, 0.1) is 5.69 Å². The summed E-state index contributed by atoms with van der Waals surface area (Å²) >= 11 is 0. The molecule has 1 aromatic carbocycles. The van der Waals surface area contributed by atoms with E-state index in [1.54, 1.807) is 0 Å². The van der Waals surface area contributed by atoms with Crippen LogP contribution < -0.4 is 15.5 Å². The monoisotopic (exact) mass is 409 g/mol. The fourth-order valence-corrected chi connectivity index (χ4v) is 2.95. The zero-order valence-corrected chi connectivity index (χ0v) is 17.7. The quantitative estimate of drug-likeness (QED) is 0.786. The molecule has 0 bridgehead atoms. The highest BCUT2D eigenvalue weighted by Crippen LogP contribution is 2.36. The van der Waals surface area contributed by atoms with Crippen LogP contribution >= 0.6 is 24.8 Å². The highest BCUT2D eigenvalue weighted by molar-refractivity contribution is 5.85. The van der Waals surface area contributed by atoms with E-state index in [4.69, 9.17) is 15.7 Å². The number of halogens is 2. The molecule has 0 saturated heterocycles. The van der Waals surface area contributed by atoms with Crippen LogP contribution in [0.5, 0.6) is 0 Å². The number of likely N-dealkylation sites (N-methyl/N-ethyl adjacent to an activating group) is 1. The topological polar surface area (TPSA) is 58.3 Å². The minimum atomic E-state index is 0. The van der Waals surface area contributed by atoms with Crippen molar-refractivity contribution < 1.29 is 0 Å². The molecular weight excluding hydrogens is 381 g/mol. The molecular formula is C20H29Cl2N5. The van der Waals surface area contributed by atoms with Crippen molar-refractivity contribution in [1.82, 2.24) is 9.97 Å². The third-order valence-corrected chi connectivity index (χ3v) is 4.59. The van der Waals surface area contributed by atoms with Gasteiger partial charge in [0.2, 0.25) is 5.95 Å². The van der Waals surface area contributed by atoms with Crippen molar-refractivity contribution in [3.05, 3.63) is 53.7 Å². The predicted molar refractivity (Wildman–Crippen MR) is 120 cm³/mol. The summed E-state index contributed by atoms with van der Waals surface area (Å²) in [5.41, 5.74) is 8.26. The van der Waals surface area contributed by atoms with Crippen LogP contribution in [0.15, 0.2) is 42.5 Å². The van der Waals surface area contributed by atoms with Gasteiger partial charge in [-0.15, -0.1) is 24.8 Å². The van der Waals surface area contributed by atoms with E-state index in [1.807, 2.05) is 37.2 Å². The molecule has 1 aliphatic carbocycles. The molecule has 5 nitrogen and oxygen atoms in total. The Morgan fingerprint density at radius 3 is 2.33 bits per heavy atom. The van der Waals surface area contributed by atoms with Crippen LogP contribution in [0.2, 0.25) is 0 Å². The van der Waals surface area contributed by atoms with Gasteiger partial charge in [-0.25, -0.2) is 4.98 Å². The highest BCUT2D eigenvalue weighted by atomic mass is 35.5. The minimum absolute atomic E-state index is 0. The van der Waals surface area contributed by atoms with E-state index in [0.717, 1.165) is 36.8 Å². The lowest BCUT2D eigenvalue weighted by molar-refractivity contribution is 0.345. The van der Waals surface area contributed by atoms with Crippen molar-refractivity contribution in [2.24, 2.45) is 5.73 Å². The van der Waals surface area contributed by atoms with Gasteiger partial charge < -0.3 is 15.5 Å². The fraction of sp³-hybridized carbons (Fsp3) is 0.400. The smallest absolute Gasteiger partial charge is 0.227 e. The largest absolute Gasteiger partial charge is 0.356 e. The molecule has 3 rings (SSSR count). The van der Waals surface area contributed by atoms with Gasteiger partial charge in [0.25, 0.3) is 0 Å². The average molecular weight is 410 g/mol. The first-order chi connectivity index (χ1) is 12.0. The molecule has 2 aromatic rings. The summed E-state index contributed by atoms with van der Waals surface area (Å²) in [4.78, 5) is 13.5. The second-order valence-electron chi connectivity index (χ2n) is 6.97. The van der Waals surface area contributed by atoms with Gasteiger partial charge in [-0.1, -0.05) is 42.5 Å². The van der Waals surface area contributed by atoms with E-state index in [2.05, 4.69) is 42.3 Å². The van der Waals surface area contributed by atoms with Crippen LogP contribution in [-0.4, -0.2) is 43.7 Å². The Hall–Kier alpha value is -1.82. The average Bonchev–Trinajstić information content (AvgIpc) is 2.59. The Labute approximate surface area is 174 Å². The number of anilines is 2. The van der Waals surface area contributed by atoms with Crippen molar-refractivity contribution in [3.8, 4) is 0 Å². The normalized spacial score (nSPS) is 18.2. The van der Waals surface area contributed by atoms with Gasteiger partial charge >= 0.3 is 0 Å². The van der Waals surface area contributed by atoms with Crippen LogP contribution in [0.1, 0.15) is 30.0 Å². The van der Waals surface area contributed by atoms with E-state index in [9.17, 15) is 0 Å². The van der Waals surface area contributed by atoms with Crippen LogP contribution in [0.4, 0.5) is 11.8 Å². The lowest BCUT2D eigenvalue weighted by atomic mass is 9.78. The number of aromatic nitrogens is 2. The maximum atomic E-state index is 5.95. The Balaban J connectivity index is 0.00000182. The van der Waals surface area contributed by atoms with Crippen LogP contribution in [0, 0.1) is 0 Å². The predicted octanol–water partition coefficient (Wildman–Crippen LogP) is 3.74. The van der Waals surface area contributed by atoms with Crippen molar-refractivity contribution >= 4 is 42.7 Å². The lowest BCUT2D eigenvalue weighted by Crippen LogP contribution is -2.35. The molecule has 0 atom stereocenters. The number of hydrogen-bond acceptors (Lipinski definition) is 5. The summed E-state index contributed by atoms with van der Waals surface area (Å²) in [6, 6.07) is 12.8. The van der Waals surface area contributed by atoms with E-state index in [-0.39, 0.29) is 24.8 Å². The summed E-state index contributed by atoms with van der Waals surface area (Å²) in [6.07, 6.45) is 6.32. The molecule has 0 amide bonds. The molecule has 27 heavy (non-hydrogen) atoms. The number of nitrogens with zero attached hydrogens (tertiary/aromatic N) is 4. The Kier molecular flexibility index (Phi) is 9.03. The molecule has 2 N–H and O–H groups in total. The number of nitrogens with two attached hydrogens (primary N) is 1. The second-order valence-corrected chi connectivity index (χ2v) is 6.97. The molecule has 0 unspecified atom stereocenters. The SMILES string of the molecule is CN(C)c1nc(C2CC(N)C2)cc(N(C)C/C=C/c2ccccc2)n1.Cl.Cl. The summed E-state index contributed by atoms with van der Waals surface area (Å²) in [5, 5.41) is 0. The Morgan fingerprint density at radius 2 is 1.74 bits per heavy atom. The maximum absolute atomic E-state index is 5.95. The first-order valence-corrected chi connectivity index (χ1v) is 8.77. The van der Waals surface area contributed by atoms with Crippen molar-refractivity contribution in [1.29, 1.82) is 0 Å². The van der Waals surface area contributed by atoms with E-state index in [1.165, 1.54) is 5.56 Å². The van der Waals surface area contributed by atoms with Gasteiger partial charge in [0.15, 0.2) is 0 Å². The van der Waals surface area contributed by atoms with Gasteiger partial charge in [0, 0.05) is 45.7 Å². The van der Waals surface area contributed by atoms with Crippen LogP contribution in [0.25, 0.3) is 6.08 Å². The number of rotatable bonds is 6. The second kappa shape index (κ2) is 10.5. The molecule has 0 aliphatic heterocycles. The highest BCUT2D eigenvalue weighted by Gasteiger charge is 2.29. The Morgan fingerprint density at radius 1 is 1.07 bits per heavy atom. The molecule has 1 aromatic heterocycles. The van der Waals surface area contributed by atoms with Crippen LogP contribution in [-0.2, 0) is 0 Å². The molecule has 1 fully saturated rings. The first kappa shape index (κ1) is 23.2. The maximum Gasteiger partial charge on any atom is 0.227 e. The van der Waals surface area contributed by atoms with E-state index in [0.29, 0.717) is 12.0 Å². The fourth-order valence-electron chi connectivity index (χ4n) is 2.95. The van der Waals surface area contributed by atoms with Gasteiger partial charge in [-0.05, 0) is 18.4 Å². The third kappa shape index (κ3) is 6.09. The van der Waals surface area contributed by atoms with Crippen molar-refractivity contribution in [2.75, 3.05) is 37.5 Å². The van der Waals surface area contributed by atoms with Crippen molar-refractivity contribution in [3.63, 3.8) is 0 Å². The van der Waals surface area contributed by atoms with E-state index >= 15 is 0 Å². The Bertz CT molecular complexity index is 730. The summed E-state index contributed by atoms with van der Waals surface area (Å²) in [6.45, 7) is 0.794. The van der Waals surface area contributed by atoms with Crippen molar-refractivity contribution in [2.45, 2.75) is 24.8 Å². The summed E-state index contributed by atoms with van der Waals surface area (Å²) in [7, 11) is 6.02. The van der Waals surface area contributed by atoms with Gasteiger partial charge in [0.1, 0.15) is 5.82 Å². The van der Waals surface area contributed by atoms with Crippen LogP contribution in [0.3, 0.4) is 0 Å². The molecule has 0 radical (unpaired) electrons. The molecule has 7 heteroatoms. The van der Waals surface area contributed by atoms with Gasteiger partial charge in [-0.2, -0.15) is 4.98 Å².